The minimum atomic E-state index is -4.47. The topological polar surface area (TPSA) is 52.6 Å². The fraction of sp³-hybridized carbons (Fsp3) is 0.400. The zero-order valence-corrected chi connectivity index (χ0v) is 15.3. The lowest BCUT2D eigenvalue weighted by Gasteiger charge is -2.26. The monoisotopic (exact) mass is 388 g/mol. The molecular formula is C20H21F3N5. The predicted molar refractivity (Wildman–Crippen MR) is 101 cm³/mol. The first-order chi connectivity index (χ1) is 13.5. The van der Waals surface area contributed by atoms with Gasteiger partial charge in [0.25, 0.3) is 0 Å². The van der Waals surface area contributed by atoms with E-state index < -0.39 is 11.7 Å². The van der Waals surface area contributed by atoms with E-state index in [2.05, 4.69) is 31.7 Å². The Morgan fingerprint density at radius 1 is 1.14 bits per heavy atom. The number of amidine groups is 1. The number of rotatable bonds is 3. The normalized spacial score (nSPS) is 20.5. The Morgan fingerprint density at radius 2 is 1.93 bits per heavy atom. The van der Waals surface area contributed by atoms with E-state index in [0.29, 0.717) is 23.5 Å². The molecule has 0 aromatic carbocycles. The summed E-state index contributed by atoms with van der Waals surface area (Å²) in [6, 6.07) is 2.33. The fourth-order valence-electron chi connectivity index (χ4n) is 3.58. The second kappa shape index (κ2) is 7.79. The molecule has 1 radical (unpaired) electrons. The number of allylic oxidation sites excluding steroid dienone is 2. The standard InChI is InChI=1S/C20H21F3N5/c21-20(22,23)15-6-5-7-24-19(15)14-10-16-17(25-11-14)12-26-18(27-16)13-28-8-3-1-2-4-9-28/h5-7,10-11,25H,1-4,8-9,13H2,(H,26,27). The van der Waals surface area contributed by atoms with Gasteiger partial charge in [0.15, 0.2) is 0 Å². The highest BCUT2D eigenvalue weighted by Gasteiger charge is 2.35. The highest BCUT2D eigenvalue weighted by Crippen LogP contribution is 2.35. The predicted octanol–water partition coefficient (Wildman–Crippen LogP) is 3.45. The molecule has 3 aliphatic heterocycles. The van der Waals surface area contributed by atoms with Crippen molar-refractivity contribution >= 4 is 11.4 Å². The molecule has 147 valence electrons. The number of hydrogen-bond acceptors (Lipinski definition) is 5. The third kappa shape index (κ3) is 4.11. The maximum absolute atomic E-state index is 13.3. The van der Waals surface area contributed by atoms with Crippen LogP contribution in [0.25, 0.3) is 5.57 Å². The summed E-state index contributed by atoms with van der Waals surface area (Å²) in [4.78, 5) is 10.6. The summed E-state index contributed by atoms with van der Waals surface area (Å²) in [5.74, 6) is 0.747. The number of dihydropyridines is 1. The number of aliphatic imine (C=N–C) groups is 1. The molecule has 1 fully saturated rings. The van der Waals surface area contributed by atoms with Gasteiger partial charge >= 0.3 is 6.18 Å². The van der Waals surface area contributed by atoms with E-state index in [9.17, 15) is 13.2 Å². The van der Waals surface area contributed by atoms with Gasteiger partial charge in [0.2, 0.25) is 0 Å². The summed E-state index contributed by atoms with van der Waals surface area (Å²) in [5.41, 5.74) is 0.749. The largest absolute Gasteiger partial charge is 0.418 e. The van der Waals surface area contributed by atoms with Crippen molar-refractivity contribution in [1.82, 2.24) is 20.5 Å². The number of likely N-dealkylation sites (tertiary alicyclic amines) is 1. The first-order valence-corrected chi connectivity index (χ1v) is 9.41. The highest BCUT2D eigenvalue weighted by molar-refractivity contribution is 5.89. The van der Waals surface area contributed by atoms with Crippen molar-refractivity contribution in [1.29, 1.82) is 0 Å². The average Bonchev–Trinajstić information content (AvgIpc) is 2.95. The Hall–Kier alpha value is -2.61. The summed E-state index contributed by atoms with van der Waals surface area (Å²) in [5, 5.41) is 6.21. The van der Waals surface area contributed by atoms with Gasteiger partial charge in [-0.1, -0.05) is 12.8 Å². The highest BCUT2D eigenvalue weighted by atomic mass is 19.4. The minimum Gasteiger partial charge on any atom is -0.358 e. The molecule has 1 saturated heterocycles. The molecule has 0 unspecified atom stereocenters. The Balaban J connectivity index is 1.53. The number of hydrogen-bond donors (Lipinski definition) is 2. The van der Waals surface area contributed by atoms with Crippen LogP contribution in [0.1, 0.15) is 36.9 Å². The van der Waals surface area contributed by atoms with Crippen molar-refractivity contribution in [2.24, 2.45) is 4.99 Å². The van der Waals surface area contributed by atoms with Crippen molar-refractivity contribution in [2.75, 3.05) is 19.6 Å². The van der Waals surface area contributed by atoms with Crippen molar-refractivity contribution in [3.05, 3.63) is 59.5 Å². The maximum Gasteiger partial charge on any atom is 0.418 e. The number of nitrogens with one attached hydrogen (secondary N) is 2. The molecule has 1 aromatic heterocycles. The lowest BCUT2D eigenvalue weighted by molar-refractivity contribution is -0.138. The number of nitrogens with zero attached hydrogens (tertiary/aromatic N) is 3. The van der Waals surface area contributed by atoms with Crippen LogP contribution in [-0.4, -0.2) is 35.4 Å². The zero-order chi connectivity index (χ0) is 19.6. The lowest BCUT2D eigenvalue weighted by atomic mass is 10.0. The first-order valence-electron chi connectivity index (χ1n) is 9.41. The molecule has 0 spiro atoms. The molecule has 4 rings (SSSR count). The number of alkyl halides is 3. The molecule has 2 N–H and O–H groups in total. The van der Waals surface area contributed by atoms with Crippen molar-refractivity contribution in [3.63, 3.8) is 0 Å². The third-order valence-electron chi connectivity index (χ3n) is 4.98. The lowest BCUT2D eigenvalue weighted by Crippen LogP contribution is -2.40. The number of aromatic nitrogens is 1. The van der Waals surface area contributed by atoms with Gasteiger partial charge in [-0.3, -0.25) is 9.88 Å². The second-order valence-electron chi connectivity index (χ2n) is 7.06. The quantitative estimate of drug-likeness (QED) is 0.833. The van der Waals surface area contributed by atoms with Gasteiger partial charge in [0.05, 0.1) is 29.2 Å². The first kappa shape index (κ1) is 18.7. The van der Waals surface area contributed by atoms with E-state index in [4.69, 9.17) is 0 Å². The maximum atomic E-state index is 13.3. The van der Waals surface area contributed by atoms with Gasteiger partial charge in [0, 0.05) is 18.0 Å². The summed E-state index contributed by atoms with van der Waals surface area (Å²) < 4.78 is 40.0. The molecule has 0 bridgehead atoms. The van der Waals surface area contributed by atoms with Crippen molar-refractivity contribution in [3.8, 4) is 0 Å². The molecule has 5 nitrogen and oxygen atoms in total. The molecule has 1 aromatic rings. The Bertz CT molecular complexity index is 859. The van der Waals surface area contributed by atoms with Crippen LogP contribution in [-0.2, 0) is 6.18 Å². The molecule has 0 atom stereocenters. The van der Waals surface area contributed by atoms with E-state index in [1.807, 2.05) is 0 Å². The summed E-state index contributed by atoms with van der Waals surface area (Å²) in [6.07, 6.45) is 7.85. The Morgan fingerprint density at radius 3 is 2.68 bits per heavy atom. The van der Waals surface area contributed by atoms with Gasteiger partial charge < -0.3 is 10.6 Å². The van der Waals surface area contributed by atoms with Gasteiger partial charge in [-0.05, 0) is 44.1 Å². The fourth-order valence-corrected chi connectivity index (χ4v) is 3.58. The molecule has 0 saturated carbocycles. The van der Waals surface area contributed by atoms with Gasteiger partial charge in [-0.15, -0.1) is 0 Å². The van der Waals surface area contributed by atoms with Crippen molar-refractivity contribution < 1.29 is 13.2 Å². The molecule has 0 aliphatic carbocycles. The second-order valence-corrected chi connectivity index (χ2v) is 7.06. The molecule has 0 amide bonds. The molecule has 28 heavy (non-hydrogen) atoms. The molecule has 8 heteroatoms. The van der Waals surface area contributed by atoms with Crippen molar-refractivity contribution in [2.45, 2.75) is 31.9 Å². The average molecular weight is 388 g/mol. The molecule has 4 heterocycles. The number of halogens is 3. The SMILES string of the molecule is FC(F)(F)c1cccnc1C1=CNC2=[C]N=C(CN3CCCCCC3)NC2=C1. The van der Waals surface area contributed by atoms with Gasteiger partial charge in [-0.25, -0.2) is 4.99 Å². The Kier molecular flexibility index (Phi) is 5.21. The minimum absolute atomic E-state index is 0.104. The van der Waals surface area contributed by atoms with Crippen LogP contribution in [0, 0.1) is 6.20 Å². The van der Waals surface area contributed by atoms with Crippen LogP contribution >= 0.6 is 0 Å². The number of fused-ring (bicyclic) bond motifs is 1. The van der Waals surface area contributed by atoms with Crippen LogP contribution in [0.3, 0.4) is 0 Å². The van der Waals surface area contributed by atoms with E-state index >= 15 is 0 Å². The molecule has 3 aliphatic rings. The van der Waals surface area contributed by atoms with Crippen LogP contribution in [0.4, 0.5) is 13.2 Å². The van der Waals surface area contributed by atoms with Crippen LogP contribution in [0.2, 0.25) is 0 Å². The number of pyridine rings is 1. The van der Waals surface area contributed by atoms with E-state index in [-0.39, 0.29) is 5.69 Å². The van der Waals surface area contributed by atoms with Crippen LogP contribution in [0.15, 0.2) is 47.0 Å². The summed E-state index contributed by atoms with van der Waals surface area (Å²) in [6.45, 7) is 2.74. The summed E-state index contributed by atoms with van der Waals surface area (Å²) >= 11 is 0. The van der Waals surface area contributed by atoms with E-state index in [0.717, 1.165) is 25.0 Å². The van der Waals surface area contributed by atoms with Crippen LogP contribution in [0.5, 0.6) is 0 Å². The smallest absolute Gasteiger partial charge is 0.358 e. The summed E-state index contributed by atoms with van der Waals surface area (Å²) in [7, 11) is 0. The van der Waals surface area contributed by atoms with Crippen LogP contribution < -0.4 is 10.6 Å². The van der Waals surface area contributed by atoms with E-state index in [1.54, 1.807) is 6.08 Å². The van der Waals surface area contributed by atoms with Gasteiger partial charge in [-0.2, -0.15) is 13.2 Å². The third-order valence-corrected chi connectivity index (χ3v) is 4.98. The molecular weight excluding hydrogens is 367 g/mol. The van der Waals surface area contributed by atoms with E-state index in [1.165, 1.54) is 44.1 Å². The zero-order valence-electron chi connectivity index (χ0n) is 15.3. The Labute approximate surface area is 161 Å². The van der Waals surface area contributed by atoms with Gasteiger partial charge in [0.1, 0.15) is 12.0 Å².